The Kier molecular flexibility index (Phi) is 2.30. The number of imide groups is 1. The first-order valence-electron chi connectivity index (χ1n) is 4.26. The standard InChI is InChI=1S/C8H14N2O3/c1-4-8(3)6(12)9-7(13)10(8)5(2)11/h5,11H,4H2,1-3H3,(H,9,12,13). The Balaban J connectivity index is 3.03. The normalized spacial score (nSPS) is 30.6. The highest BCUT2D eigenvalue weighted by Crippen LogP contribution is 2.26. The molecule has 2 N–H and O–H groups in total. The average Bonchev–Trinajstić information content (AvgIpc) is 2.24. The van der Waals surface area contributed by atoms with Gasteiger partial charge in [-0.1, -0.05) is 6.92 Å². The van der Waals surface area contributed by atoms with Gasteiger partial charge in [-0.2, -0.15) is 0 Å². The minimum Gasteiger partial charge on any atom is -0.374 e. The summed E-state index contributed by atoms with van der Waals surface area (Å²) in [6, 6.07) is -0.524. The fraction of sp³-hybridized carbons (Fsp3) is 0.750. The highest BCUT2D eigenvalue weighted by atomic mass is 16.3. The highest BCUT2D eigenvalue weighted by Gasteiger charge is 2.49. The topological polar surface area (TPSA) is 69.6 Å². The van der Waals surface area contributed by atoms with Crippen molar-refractivity contribution in [1.29, 1.82) is 0 Å². The molecule has 0 aromatic heterocycles. The number of rotatable bonds is 2. The number of aliphatic hydroxyl groups is 1. The number of aliphatic hydroxyl groups excluding tert-OH is 1. The van der Waals surface area contributed by atoms with Gasteiger partial charge < -0.3 is 5.11 Å². The van der Waals surface area contributed by atoms with E-state index in [1.54, 1.807) is 13.8 Å². The average molecular weight is 186 g/mol. The largest absolute Gasteiger partial charge is 0.374 e. The van der Waals surface area contributed by atoms with Crippen LogP contribution in [0, 0.1) is 0 Å². The molecule has 0 saturated carbocycles. The van der Waals surface area contributed by atoms with Gasteiger partial charge in [0.15, 0.2) is 0 Å². The molecule has 0 bridgehead atoms. The molecule has 0 aromatic rings. The number of carbonyl (C=O) groups excluding carboxylic acids is 2. The SMILES string of the molecule is CCC1(C)C(=O)NC(=O)N1C(C)O. The maximum Gasteiger partial charge on any atom is 0.327 e. The Bertz CT molecular complexity index is 252. The lowest BCUT2D eigenvalue weighted by Crippen LogP contribution is -2.50. The van der Waals surface area contributed by atoms with E-state index < -0.39 is 17.8 Å². The predicted octanol–water partition coefficient (Wildman–Crippen LogP) is 0.0452. The Labute approximate surface area is 76.7 Å². The van der Waals surface area contributed by atoms with Crippen LogP contribution in [-0.2, 0) is 4.79 Å². The van der Waals surface area contributed by atoms with Gasteiger partial charge in [0.25, 0.3) is 5.91 Å². The third-order valence-corrected chi connectivity index (χ3v) is 2.52. The first-order valence-corrected chi connectivity index (χ1v) is 4.26. The van der Waals surface area contributed by atoms with Crippen LogP contribution < -0.4 is 5.32 Å². The molecule has 13 heavy (non-hydrogen) atoms. The number of carbonyl (C=O) groups is 2. The molecule has 2 unspecified atom stereocenters. The smallest absolute Gasteiger partial charge is 0.327 e. The van der Waals surface area contributed by atoms with Crippen LogP contribution in [0.3, 0.4) is 0 Å². The minimum absolute atomic E-state index is 0.346. The van der Waals surface area contributed by atoms with Crippen LogP contribution in [0.15, 0.2) is 0 Å². The van der Waals surface area contributed by atoms with Crippen LogP contribution in [0.25, 0.3) is 0 Å². The molecule has 1 rings (SSSR count). The Hall–Kier alpha value is -1.10. The Morgan fingerprint density at radius 2 is 2.15 bits per heavy atom. The van der Waals surface area contributed by atoms with Crippen molar-refractivity contribution in [2.45, 2.75) is 39.0 Å². The molecule has 2 atom stereocenters. The van der Waals surface area contributed by atoms with Crippen molar-refractivity contribution < 1.29 is 14.7 Å². The van der Waals surface area contributed by atoms with Gasteiger partial charge in [0.05, 0.1) is 0 Å². The molecule has 1 fully saturated rings. The van der Waals surface area contributed by atoms with Gasteiger partial charge in [-0.3, -0.25) is 15.0 Å². The van der Waals surface area contributed by atoms with Gasteiger partial charge >= 0.3 is 6.03 Å². The summed E-state index contributed by atoms with van der Waals surface area (Å²) in [5.74, 6) is -0.346. The number of urea groups is 1. The number of amides is 3. The summed E-state index contributed by atoms with van der Waals surface area (Å²) in [5, 5.41) is 11.5. The van der Waals surface area contributed by atoms with E-state index in [2.05, 4.69) is 5.32 Å². The first-order chi connectivity index (χ1) is 5.93. The van der Waals surface area contributed by atoms with E-state index in [1.165, 1.54) is 6.92 Å². The van der Waals surface area contributed by atoms with Gasteiger partial charge in [-0.25, -0.2) is 4.79 Å². The number of nitrogens with zero attached hydrogens (tertiary/aromatic N) is 1. The molecule has 5 nitrogen and oxygen atoms in total. The van der Waals surface area contributed by atoms with Crippen molar-refractivity contribution in [2.75, 3.05) is 0 Å². The summed E-state index contributed by atoms with van der Waals surface area (Å²) in [7, 11) is 0. The summed E-state index contributed by atoms with van der Waals surface area (Å²) in [6.07, 6.45) is -0.466. The lowest BCUT2D eigenvalue weighted by Gasteiger charge is -2.32. The fourth-order valence-corrected chi connectivity index (χ4v) is 1.54. The van der Waals surface area contributed by atoms with Crippen molar-refractivity contribution in [2.24, 2.45) is 0 Å². The van der Waals surface area contributed by atoms with E-state index in [4.69, 9.17) is 0 Å². The maximum atomic E-state index is 11.4. The zero-order valence-electron chi connectivity index (χ0n) is 8.00. The summed E-state index contributed by atoms with van der Waals surface area (Å²) in [4.78, 5) is 23.8. The zero-order chi connectivity index (χ0) is 10.2. The molecule has 0 aliphatic carbocycles. The third-order valence-electron chi connectivity index (χ3n) is 2.52. The molecule has 1 heterocycles. The number of hydrogen-bond acceptors (Lipinski definition) is 3. The van der Waals surface area contributed by atoms with E-state index in [1.807, 2.05) is 0 Å². The van der Waals surface area contributed by atoms with E-state index in [0.717, 1.165) is 4.90 Å². The summed E-state index contributed by atoms with van der Waals surface area (Å²) >= 11 is 0. The van der Waals surface area contributed by atoms with Crippen molar-refractivity contribution in [3.63, 3.8) is 0 Å². The number of nitrogens with one attached hydrogen (secondary N) is 1. The van der Waals surface area contributed by atoms with Crippen LogP contribution >= 0.6 is 0 Å². The number of hydrogen-bond donors (Lipinski definition) is 2. The monoisotopic (exact) mass is 186 g/mol. The van der Waals surface area contributed by atoms with Gasteiger partial charge in [-0.15, -0.1) is 0 Å². The second-order valence-corrected chi connectivity index (χ2v) is 3.39. The quantitative estimate of drug-likeness (QED) is 0.598. The van der Waals surface area contributed by atoms with Crippen LogP contribution in [0.1, 0.15) is 27.2 Å². The van der Waals surface area contributed by atoms with Crippen molar-refractivity contribution in [3.8, 4) is 0 Å². The lowest BCUT2D eigenvalue weighted by atomic mass is 9.97. The molecule has 1 saturated heterocycles. The first kappa shape index (κ1) is 9.98. The minimum atomic E-state index is -0.948. The van der Waals surface area contributed by atoms with Gasteiger partial charge in [0.2, 0.25) is 0 Å². The fourth-order valence-electron chi connectivity index (χ4n) is 1.54. The van der Waals surface area contributed by atoms with E-state index in [9.17, 15) is 14.7 Å². The molecular weight excluding hydrogens is 172 g/mol. The van der Waals surface area contributed by atoms with Crippen LogP contribution in [0.2, 0.25) is 0 Å². The predicted molar refractivity (Wildman–Crippen MR) is 45.8 cm³/mol. The summed E-state index contributed by atoms with van der Waals surface area (Å²) in [6.45, 7) is 4.90. The molecule has 0 radical (unpaired) electrons. The molecule has 5 heteroatoms. The molecule has 0 aromatic carbocycles. The molecule has 1 aliphatic heterocycles. The van der Waals surface area contributed by atoms with E-state index >= 15 is 0 Å². The molecule has 1 aliphatic rings. The molecule has 74 valence electrons. The third kappa shape index (κ3) is 1.29. The second kappa shape index (κ2) is 2.99. The van der Waals surface area contributed by atoms with E-state index in [0.29, 0.717) is 6.42 Å². The second-order valence-electron chi connectivity index (χ2n) is 3.39. The maximum absolute atomic E-state index is 11.4. The van der Waals surface area contributed by atoms with Crippen molar-refractivity contribution in [3.05, 3.63) is 0 Å². The van der Waals surface area contributed by atoms with Crippen molar-refractivity contribution >= 4 is 11.9 Å². The lowest BCUT2D eigenvalue weighted by molar-refractivity contribution is -0.129. The van der Waals surface area contributed by atoms with Crippen LogP contribution in [0.5, 0.6) is 0 Å². The van der Waals surface area contributed by atoms with Crippen LogP contribution in [0.4, 0.5) is 4.79 Å². The molecule has 0 spiro atoms. The molecular formula is C8H14N2O3. The Morgan fingerprint density at radius 1 is 1.62 bits per heavy atom. The van der Waals surface area contributed by atoms with Gasteiger partial charge in [-0.05, 0) is 20.3 Å². The summed E-state index contributed by atoms with van der Waals surface area (Å²) < 4.78 is 0. The molecule has 3 amide bonds. The van der Waals surface area contributed by atoms with Crippen LogP contribution in [-0.4, -0.2) is 33.7 Å². The Morgan fingerprint density at radius 3 is 2.46 bits per heavy atom. The summed E-state index contributed by atoms with van der Waals surface area (Å²) in [5.41, 5.74) is -0.911. The van der Waals surface area contributed by atoms with Crippen molar-refractivity contribution in [1.82, 2.24) is 10.2 Å². The van der Waals surface area contributed by atoms with Gasteiger partial charge in [0.1, 0.15) is 11.8 Å². The zero-order valence-corrected chi connectivity index (χ0v) is 8.00. The highest BCUT2D eigenvalue weighted by molar-refractivity contribution is 6.06. The van der Waals surface area contributed by atoms with Gasteiger partial charge in [0, 0.05) is 0 Å². The van der Waals surface area contributed by atoms with E-state index in [-0.39, 0.29) is 5.91 Å².